The van der Waals surface area contributed by atoms with Crippen molar-refractivity contribution in [2.45, 2.75) is 44.7 Å². The number of sulfonamides is 1. The van der Waals surface area contributed by atoms with E-state index in [1.807, 2.05) is 6.92 Å². The number of ether oxygens (including phenoxy) is 1. The Morgan fingerprint density at radius 2 is 1.71 bits per heavy atom. The lowest BCUT2D eigenvalue weighted by atomic mass is 10.2. The fraction of sp³-hybridized carbons (Fsp3) is 0.350. The van der Waals surface area contributed by atoms with Gasteiger partial charge in [-0.3, -0.25) is 4.79 Å². The summed E-state index contributed by atoms with van der Waals surface area (Å²) in [6.07, 6.45) is -0.740. The zero-order valence-corrected chi connectivity index (χ0v) is 18.1. The number of nitrogens with one attached hydrogen (secondary N) is 1. The van der Waals surface area contributed by atoms with E-state index in [0.29, 0.717) is 16.5 Å². The van der Waals surface area contributed by atoms with E-state index < -0.39 is 16.1 Å². The van der Waals surface area contributed by atoms with Gasteiger partial charge in [0.15, 0.2) is 6.10 Å². The van der Waals surface area contributed by atoms with E-state index in [1.54, 1.807) is 51.1 Å². The van der Waals surface area contributed by atoms with Gasteiger partial charge in [-0.1, -0.05) is 11.6 Å². The summed E-state index contributed by atoms with van der Waals surface area (Å²) in [6.45, 7) is 7.09. The van der Waals surface area contributed by atoms with Gasteiger partial charge in [-0.05, 0) is 75.7 Å². The topological polar surface area (TPSA) is 75.7 Å². The quantitative estimate of drug-likeness (QED) is 0.726. The summed E-state index contributed by atoms with van der Waals surface area (Å²) in [5, 5.41) is 3.32. The van der Waals surface area contributed by atoms with Crippen LogP contribution in [-0.2, 0) is 14.8 Å². The Kier molecular flexibility index (Phi) is 7.09. The van der Waals surface area contributed by atoms with Crippen molar-refractivity contribution in [3.05, 3.63) is 53.1 Å². The first-order chi connectivity index (χ1) is 13.0. The molecule has 0 fully saturated rings. The van der Waals surface area contributed by atoms with Crippen LogP contribution in [0.1, 0.15) is 26.3 Å². The molecule has 6 nitrogen and oxygen atoms in total. The lowest BCUT2D eigenvalue weighted by Gasteiger charge is -2.21. The lowest BCUT2D eigenvalue weighted by molar-refractivity contribution is -0.122. The van der Waals surface area contributed by atoms with E-state index in [9.17, 15) is 13.2 Å². The number of benzene rings is 2. The third-order valence-corrected chi connectivity index (χ3v) is 6.62. The van der Waals surface area contributed by atoms with Crippen LogP contribution in [-0.4, -0.2) is 37.8 Å². The van der Waals surface area contributed by atoms with Gasteiger partial charge in [0.2, 0.25) is 10.0 Å². The Morgan fingerprint density at radius 1 is 1.11 bits per heavy atom. The molecule has 0 aromatic heterocycles. The molecule has 1 atom stereocenters. The normalized spacial score (nSPS) is 12.9. The fourth-order valence-corrected chi connectivity index (χ4v) is 3.98. The van der Waals surface area contributed by atoms with Gasteiger partial charge in [-0.15, -0.1) is 0 Å². The van der Waals surface area contributed by atoms with E-state index in [2.05, 4.69) is 5.32 Å². The van der Waals surface area contributed by atoms with Gasteiger partial charge in [0.25, 0.3) is 5.91 Å². The molecule has 0 heterocycles. The average molecular weight is 425 g/mol. The molecule has 0 bridgehead atoms. The van der Waals surface area contributed by atoms with Crippen LogP contribution in [0.2, 0.25) is 5.02 Å². The number of anilines is 1. The number of nitrogens with zero attached hydrogens (tertiary/aromatic N) is 1. The highest BCUT2D eigenvalue weighted by Crippen LogP contribution is 2.23. The van der Waals surface area contributed by atoms with Crippen LogP contribution in [0, 0.1) is 6.92 Å². The fourth-order valence-electron chi connectivity index (χ4n) is 2.39. The SMILES string of the molecule is Cc1cc(Cl)ccc1OC(C)C(=O)Nc1ccc(S(=O)(=O)N(C)C(C)C)cc1. The smallest absolute Gasteiger partial charge is 0.265 e. The molecule has 0 saturated heterocycles. The summed E-state index contributed by atoms with van der Waals surface area (Å²) in [4.78, 5) is 12.6. The van der Waals surface area contributed by atoms with Crippen molar-refractivity contribution in [2.75, 3.05) is 12.4 Å². The van der Waals surface area contributed by atoms with Crippen LogP contribution in [0.4, 0.5) is 5.69 Å². The Balaban J connectivity index is 2.06. The number of hydrogen-bond acceptors (Lipinski definition) is 4. The highest BCUT2D eigenvalue weighted by atomic mass is 35.5. The first-order valence-corrected chi connectivity index (χ1v) is 10.7. The van der Waals surface area contributed by atoms with Crippen molar-refractivity contribution in [3.8, 4) is 5.75 Å². The van der Waals surface area contributed by atoms with Crippen molar-refractivity contribution in [3.63, 3.8) is 0 Å². The van der Waals surface area contributed by atoms with Crippen LogP contribution in [0.5, 0.6) is 5.75 Å². The summed E-state index contributed by atoms with van der Waals surface area (Å²) < 4.78 is 32.0. The van der Waals surface area contributed by atoms with Gasteiger partial charge in [-0.25, -0.2) is 8.42 Å². The van der Waals surface area contributed by atoms with Crippen LogP contribution in [0.25, 0.3) is 0 Å². The lowest BCUT2D eigenvalue weighted by Crippen LogP contribution is -2.33. The number of rotatable bonds is 7. The first kappa shape index (κ1) is 22.2. The number of carbonyl (C=O) groups excluding carboxylic acids is 1. The summed E-state index contributed by atoms with van der Waals surface area (Å²) >= 11 is 5.92. The van der Waals surface area contributed by atoms with Crippen LogP contribution >= 0.6 is 11.6 Å². The van der Waals surface area contributed by atoms with Gasteiger partial charge >= 0.3 is 0 Å². The largest absolute Gasteiger partial charge is 0.481 e. The van der Waals surface area contributed by atoms with E-state index in [4.69, 9.17) is 16.3 Å². The molecular weight excluding hydrogens is 400 g/mol. The highest BCUT2D eigenvalue weighted by molar-refractivity contribution is 7.89. The van der Waals surface area contributed by atoms with Crippen molar-refractivity contribution in [1.82, 2.24) is 4.31 Å². The molecule has 2 rings (SSSR count). The minimum Gasteiger partial charge on any atom is -0.481 e. The molecule has 8 heteroatoms. The summed E-state index contributed by atoms with van der Waals surface area (Å²) in [5.74, 6) is 0.231. The third-order valence-electron chi connectivity index (χ3n) is 4.34. The van der Waals surface area contributed by atoms with Gasteiger partial charge in [0, 0.05) is 23.8 Å². The number of carbonyl (C=O) groups is 1. The summed E-state index contributed by atoms with van der Waals surface area (Å²) in [6, 6.07) is 11.1. The molecule has 0 saturated carbocycles. The molecule has 2 aromatic rings. The molecule has 0 radical (unpaired) electrons. The molecule has 1 amide bonds. The van der Waals surface area contributed by atoms with Gasteiger partial charge in [-0.2, -0.15) is 4.31 Å². The Hall–Kier alpha value is -2.09. The van der Waals surface area contributed by atoms with Gasteiger partial charge in [0.1, 0.15) is 5.75 Å². The number of amides is 1. The minimum absolute atomic E-state index is 0.154. The maximum atomic E-state index is 12.5. The van der Waals surface area contributed by atoms with Crippen LogP contribution < -0.4 is 10.1 Å². The third kappa shape index (κ3) is 5.25. The second-order valence-electron chi connectivity index (χ2n) is 6.80. The van der Waals surface area contributed by atoms with E-state index in [1.165, 1.54) is 23.5 Å². The molecular formula is C20H25ClN2O4S. The van der Waals surface area contributed by atoms with Gasteiger partial charge in [0.05, 0.1) is 4.90 Å². The molecule has 152 valence electrons. The number of aryl methyl sites for hydroxylation is 1. The molecule has 28 heavy (non-hydrogen) atoms. The standard InChI is InChI=1S/C20H25ClN2O4S/c1-13(2)23(5)28(25,26)18-9-7-17(8-10-18)22-20(24)15(4)27-19-11-6-16(21)12-14(19)3/h6-13,15H,1-5H3,(H,22,24). The first-order valence-electron chi connectivity index (χ1n) is 8.84. The van der Waals surface area contributed by atoms with Gasteiger partial charge < -0.3 is 10.1 Å². The van der Waals surface area contributed by atoms with E-state index in [-0.39, 0.29) is 16.8 Å². The Bertz CT molecular complexity index is 943. The Labute approximate surface area is 171 Å². The number of halogens is 1. The highest BCUT2D eigenvalue weighted by Gasteiger charge is 2.23. The molecule has 0 aliphatic rings. The van der Waals surface area contributed by atoms with Crippen molar-refractivity contribution in [1.29, 1.82) is 0 Å². The second kappa shape index (κ2) is 8.94. The summed E-state index contributed by atoms with van der Waals surface area (Å²) in [5.41, 5.74) is 1.32. The molecule has 1 unspecified atom stereocenters. The van der Waals surface area contributed by atoms with E-state index >= 15 is 0 Å². The van der Waals surface area contributed by atoms with Crippen LogP contribution in [0.3, 0.4) is 0 Å². The monoisotopic (exact) mass is 424 g/mol. The molecule has 0 aliphatic heterocycles. The zero-order valence-electron chi connectivity index (χ0n) is 16.6. The minimum atomic E-state index is -3.56. The van der Waals surface area contributed by atoms with Crippen molar-refractivity contribution < 1.29 is 17.9 Å². The second-order valence-corrected chi connectivity index (χ2v) is 9.23. The van der Waals surface area contributed by atoms with Crippen molar-refractivity contribution in [2.24, 2.45) is 0 Å². The Morgan fingerprint density at radius 3 is 2.25 bits per heavy atom. The summed E-state index contributed by atoms with van der Waals surface area (Å²) in [7, 11) is -2.03. The molecule has 0 spiro atoms. The maximum absolute atomic E-state index is 12.5. The molecule has 0 aliphatic carbocycles. The van der Waals surface area contributed by atoms with Crippen LogP contribution in [0.15, 0.2) is 47.4 Å². The maximum Gasteiger partial charge on any atom is 0.265 e. The zero-order chi connectivity index (χ0) is 21.1. The molecule has 2 aromatic carbocycles. The molecule has 1 N–H and O–H groups in total. The van der Waals surface area contributed by atoms with Crippen molar-refractivity contribution >= 4 is 33.2 Å². The predicted octanol–water partition coefficient (Wildman–Crippen LogP) is 4.08. The van der Waals surface area contributed by atoms with E-state index in [0.717, 1.165) is 5.56 Å². The number of hydrogen-bond donors (Lipinski definition) is 1. The average Bonchev–Trinajstić information content (AvgIpc) is 2.63. The predicted molar refractivity (Wildman–Crippen MR) is 111 cm³/mol.